The van der Waals surface area contributed by atoms with Crippen molar-refractivity contribution in [2.45, 2.75) is 4.90 Å². The summed E-state index contributed by atoms with van der Waals surface area (Å²) in [5.41, 5.74) is 0.722. The van der Waals surface area contributed by atoms with Crippen LogP contribution in [0.5, 0.6) is 11.5 Å². The highest BCUT2D eigenvalue weighted by Crippen LogP contribution is 2.23. The fourth-order valence-electron chi connectivity index (χ4n) is 2.09. The lowest BCUT2D eigenvalue weighted by molar-refractivity contribution is -0.111. The van der Waals surface area contributed by atoms with Crippen LogP contribution in [0, 0.1) is 0 Å². The number of rotatable bonds is 6. The van der Waals surface area contributed by atoms with Gasteiger partial charge >= 0.3 is 0 Å². The Morgan fingerprint density at radius 3 is 2.08 bits per heavy atom. The first-order chi connectivity index (χ1) is 12.3. The van der Waals surface area contributed by atoms with E-state index in [1.807, 2.05) is 84.9 Å². The molecular formula is C21H17NO2S. The van der Waals surface area contributed by atoms with E-state index in [2.05, 4.69) is 5.32 Å². The maximum absolute atomic E-state index is 11.9. The SMILES string of the molecule is O=C(C=CSc1ccccc1)Nc1ccc(Oc2ccccc2)cc1. The lowest BCUT2D eigenvalue weighted by Crippen LogP contribution is -2.07. The molecule has 3 rings (SSSR count). The first kappa shape index (κ1) is 16.9. The number of nitrogens with one attached hydrogen (secondary N) is 1. The third kappa shape index (κ3) is 5.55. The number of hydrogen-bond donors (Lipinski definition) is 1. The molecule has 4 heteroatoms. The first-order valence-corrected chi connectivity index (χ1v) is 8.70. The van der Waals surface area contributed by atoms with E-state index in [1.165, 1.54) is 17.8 Å². The number of para-hydroxylation sites is 1. The second-order valence-electron chi connectivity index (χ2n) is 5.16. The van der Waals surface area contributed by atoms with Gasteiger partial charge in [0.05, 0.1) is 0 Å². The molecule has 1 amide bonds. The van der Waals surface area contributed by atoms with Gasteiger partial charge in [-0.25, -0.2) is 0 Å². The van der Waals surface area contributed by atoms with E-state index in [4.69, 9.17) is 4.74 Å². The molecule has 3 nitrogen and oxygen atoms in total. The van der Waals surface area contributed by atoms with Crippen molar-refractivity contribution in [1.29, 1.82) is 0 Å². The highest BCUT2D eigenvalue weighted by molar-refractivity contribution is 8.02. The summed E-state index contributed by atoms with van der Waals surface area (Å²) in [5, 5.41) is 4.60. The maximum Gasteiger partial charge on any atom is 0.248 e. The minimum absolute atomic E-state index is 0.167. The normalized spacial score (nSPS) is 10.6. The van der Waals surface area contributed by atoms with Gasteiger partial charge < -0.3 is 10.1 Å². The smallest absolute Gasteiger partial charge is 0.248 e. The van der Waals surface area contributed by atoms with Crippen molar-refractivity contribution in [2.75, 3.05) is 5.32 Å². The number of ether oxygens (including phenoxy) is 1. The largest absolute Gasteiger partial charge is 0.457 e. The standard InChI is InChI=1S/C21H17NO2S/c23-21(15-16-25-20-9-5-2-6-10-20)22-17-11-13-19(14-12-17)24-18-7-3-1-4-8-18/h1-16H,(H,22,23). The molecule has 0 aliphatic rings. The second-order valence-corrected chi connectivity index (χ2v) is 6.14. The van der Waals surface area contributed by atoms with Gasteiger partial charge in [0.15, 0.2) is 0 Å². The lowest BCUT2D eigenvalue weighted by Gasteiger charge is -2.07. The van der Waals surface area contributed by atoms with Gasteiger partial charge in [-0.15, -0.1) is 0 Å². The molecular weight excluding hydrogens is 330 g/mol. The van der Waals surface area contributed by atoms with E-state index < -0.39 is 0 Å². The summed E-state index contributed by atoms with van der Waals surface area (Å²) < 4.78 is 5.72. The van der Waals surface area contributed by atoms with Gasteiger partial charge in [-0.1, -0.05) is 48.2 Å². The van der Waals surface area contributed by atoms with Crippen LogP contribution in [0.25, 0.3) is 0 Å². The zero-order chi connectivity index (χ0) is 17.3. The summed E-state index contributed by atoms with van der Waals surface area (Å²) >= 11 is 1.50. The lowest BCUT2D eigenvalue weighted by atomic mass is 10.3. The number of anilines is 1. The Kier molecular flexibility index (Phi) is 5.91. The molecule has 0 radical (unpaired) electrons. The Bertz CT molecular complexity index is 831. The molecule has 0 bridgehead atoms. The summed E-state index contributed by atoms with van der Waals surface area (Å²) in [5.74, 6) is 1.33. The highest BCUT2D eigenvalue weighted by Gasteiger charge is 2.00. The Labute approximate surface area is 151 Å². The topological polar surface area (TPSA) is 38.3 Å². The van der Waals surface area contributed by atoms with Gasteiger partial charge in [-0.05, 0) is 53.9 Å². The molecule has 0 unspecified atom stereocenters. The maximum atomic E-state index is 11.9. The zero-order valence-electron chi connectivity index (χ0n) is 13.5. The number of carbonyl (C=O) groups excluding carboxylic acids is 1. The van der Waals surface area contributed by atoms with Crippen LogP contribution in [0.1, 0.15) is 0 Å². The number of thioether (sulfide) groups is 1. The molecule has 0 atom stereocenters. The van der Waals surface area contributed by atoms with Gasteiger partial charge in [0, 0.05) is 16.7 Å². The van der Waals surface area contributed by atoms with Crippen LogP contribution in [0.4, 0.5) is 5.69 Å². The molecule has 0 aromatic heterocycles. The van der Waals surface area contributed by atoms with Crippen molar-refractivity contribution in [3.8, 4) is 11.5 Å². The summed E-state index contributed by atoms with van der Waals surface area (Å²) in [6.07, 6.45) is 1.52. The van der Waals surface area contributed by atoms with Gasteiger partial charge in [0.2, 0.25) is 5.91 Å². The molecule has 3 aromatic rings. The fraction of sp³-hybridized carbons (Fsp3) is 0. The number of hydrogen-bond acceptors (Lipinski definition) is 3. The predicted octanol–water partition coefficient (Wildman–Crippen LogP) is 5.72. The summed E-state index contributed by atoms with van der Waals surface area (Å²) in [6, 6.07) is 26.7. The third-order valence-corrected chi connectivity index (χ3v) is 4.08. The van der Waals surface area contributed by atoms with Crippen LogP contribution in [0.3, 0.4) is 0 Å². The van der Waals surface area contributed by atoms with Gasteiger partial charge in [-0.3, -0.25) is 4.79 Å². The summed E-state index contributed by atoms with van der Waals surface area (Å²) in [4.78, 5) is 13.0. The predicted molar refractivity (Wildman–Crippen MR) is 103 cm³/mol. The zero-order valence-corrected chi connectivity index (χ0v) is 14.3. The van der Waals surface area contributed by atoms with Crippen molar-refractivity contribution in [1.82, 2.24) is 0 Å². The minimum atomic E-state index is -0.167. The van der Waals surface area contributed by atoms with Crippen LogP contribution in [0.15, 0.2) is 101 Å². The van der Waals surface area contributed by atoms with Crippen molar-refractivity contribution in [3.05, 3.63) is 96.4 Å². The van der Waals surface area contributed by atoms with Crippen LogP contribution < -0.4 is 10.1 Å². The van der Waals surface area contributed by atoms with Crippen molar-refractivity contribution >= 4 is 23.4 Å². The molecule has 25 heavy (non-hydrogen) atoms. The average Bonchev–Trinajstić information content (AvgIpc) is 2.65. The molecule has 124 valence electrons. The monoisotopic (exact) mass is 347 g/mol. The molecule has 0 saturated carbocycles. The molecule has 0 heterocycles. The molecule has 0 aliphatic carbocycles. The van der Waals surface area contributed by atoms with Crippen LogP contribution in [0.2, 0.25) is 0 Å². The molecule has 0 fully saturated rings. The summed E-state index contributed by atoms with van der Waals surface area (Å²) in [7, 11) is 0. The fourth-order valence-corrected chi connectivity index (χ4v) is 2.75. The van der Waals surface area contributed by atoms with Gasteiger partial charge in [0.1, 0.15) is 11.5 Å². The molecule has 1 N–H and O–H groups in total. The van der Waals surface area contributed by atoms with Crippen LogP contribution in [-0.4, -0.2) is 5.91 Å². The number of benzene rings is 3. The third-order valence-electron chi connectivity index (χ3n) is 3.27. The van der Waals surface area contributed by atoms with E-state index in [-0.39, 0.29) is 5.91 Å². The Morgan fingerprint density at radius 1 is 0.800 bits per heavy atom. The van der Waals surface area contributed by atoms with Crippen LogP contribution >= 0.6 is 11.8 Å². The van der Waals surface area contributed by atoms with Crippen LogP contribution in [-0.2, 0) is 4.79 Å². The first-order valence-electron chi connectivity index (χ1n) is 7.82. The highest BCUT2D eigenvalue weighted by atomic mass is 32.2. The van der Waals surface area contributed by atoms with Gasteiger partial charge in [-0.2, -0.15) is 0 Å². The number of carbonyl (C=O) groups is 1. The summed E-state index contributed by atoms with van der Waals surface area (Å²) in [6.45, 7) is 0. The Hall–Kier alpha value is -2.98. The molecule has 0 spiro atoms. The van der Waals surface area contributed by atoms with E-state index in [0.29, 0.717) is 0 Å². The van der Waals surface area contributed by atoms with E-state index in [9.17, 15) is 4.79 Å². The van der Waals surface area contributed by atoms with E-state index in [1.54, 1.807) is 5.41 Å². The van der Waals surface area contributed by atoms with Crippen molar-refractivity contribution < 1.29 is 9.53 Å². The van der Waals surface area contributed by atoms with E-state index in [0.717, 1.165) is 22.1 Å². The number of amides is 1. The van der Waals surface area contributed by atoms with Gasteiger partial charge in [0.25, 0.3) is 0 Å². The molecule has 0 aliphatic heterocycles. The van der Waals surface area contributed by atoms with Crippen molar-refractivity contribution in [3.63, 3.8) is 0 Å². The van der Waals surface area contributed by atoms with Crippen molar-refractivity contribution in [2.24, 2.45) is 0 Å². The van der Waals surface area contributed by atoms with E-state index >= 15 is 0 Å². The Morgan fingerprint density at radius 2 is 1.40 bits per heavy atom. The quantitative estimate of drug-likeness (QED) is 0.457. The molecule has 3 aromatic carbocycles. The minimum Gasteiger partial charge on any atom is -0.457 e. The molecule has 0 saturated heterocycles. The second kappa shape index (κ2) is 8.76. The Balaban J connectivity index is 1.51. The average molecular weight is 347 g/mol.